The van der Waals surface area contributed by atoms with Crippen LogP contribution in [0, 0.1) is 23.0 Å². The van der Waals surface area contributed by atoms with Crippen LogP contribution in [0.5, 0.6) is 0 Å². The van der Waals surface area contributed by atoms with Gasteiger partial charge in [-0.1, -0.05) is 6.07 Å². The van der Waals surface area contributed by atoms with Gasteiger partial charge in [-0.25, -0.2) is 4.68 Å². The molecule has 0 spiro atoms. The summed E-state index contributed by atoms with van der Waals surface area (Å²) in [5, 5.41) is 20.9. The Bertz CT molecular complexity index is 712. The van der Waals surface area contributed by atoms with Gasteiger partial charge in [-0.05, 0) is 50.7 Å². The first-order chi connectivity index (χ1) is 11.5. The van der Waals surface area contributed by atoms with Gasteiger partial charge in [0.2, 0.25) is 5.82 Å². The summed E-state index contributed by atoms with van der Waals surface area (Å²) >= 11 is 1.78. The second kappa shape index (κ2) is 6.90. The van der Waals surface area contributed by atoms with E-state index in [2.05, 4.69) is 39.9 Å². The first-order valence-electron chi connectivity index (χ1n) is 8.14. The Morgan fingerprint density at radius 3 is 2.96 bits per heavy atom. The molecular formula is C16H23N5O2S. The molecule has 0 saturated carbocycles. The van der Waals surface area contributed by atoms with Crippen LogP contribution in [-0.2, 0) is 7.05 Å². The largest absolute Gasteiger partial charge is 0.364 e. The van der Waals surface area contributed by atoms with Crippen LogP contribution in [0.25, 0.3) is 0 Å². The number of nitrogens with zero attached hydrogens (tertiary/aromatic N) is 4. The van der Waals surface area contributed by atoms with E-state index in [9.17, 15) is 10.1 Å². The molecule has 1 fully saturated rings. The molecule has 2 aromatic rings. The van der Waals surface area contributed by atoms with Gasteiger partial charge in [0.05, 0.1) is 4.92 Å². The molecule has 7 nitrogen and oxygen atoms in total. The summed E-state index contributed by atoms with van der Waals surface area (Å²) in [6.07, 6.45) is 2.27. The molecule has 0 radical (unpaired) electrons. The smallest absolute Gasteiger partial charge is 0.333 e. The van der Waals surface area contributed by atoms with Gasteiger partial charge in [-0.3, -0.25) is 15.0 Å². The van der Waals surface area contributed by atoms with Crippen molar-refractivity contribution in [1.82, 2.24) is 14.7 Å². The highest BCUT2D eigenvalue weighted by molar-refractivity contribution is 7.10. The highest BCUT2D eigenvalue weighted by atomic mass is 32.1. The number of aromatic nitrogens is 2. The molecule has 130 valence electrons. The predicted octanol–water partition coefficient (Wildman–Crippen LogP) is 3.19. The van der Waals surface area contributed by atoms with E-state index in [0.717, 1.165) is 19.4 Å². The average molecular weight is 349 g/mol. The lowest BCUT2D eigenvalue weighted by atomic mass is 9.88. The Morgan fingerprint density at radius 1 is 1.50 bits per heavy atom. The van der Waals surface area contributed by atoms with E-state index in [-0.39, 0.29) is 10.6 Å². The van der Waals surface area contributed by atoms with Gasteiger partial charge in [-0.2, -0.15) is 5.10 Å². The molecule has 1 aliphatic heterocycles. The van der Waals surface area contributed by atoms with Crippen molar-refractivity contribution in [2.75, 3.05) is 25.5 Å². The molecule has 1 N–H and O–H groups in total. The van der Waals surface area contributed by atoms with Crippen LogP contribution in [0.4, 0.5) is 11.5 Å². The van der Waals surface area contributed by atoms with Gasteiger partial charge < -0.3 is 5.32 Å². The number of hydrogen-bond acceptors (Lipinski definition) is 6. The first-order valence-corrected chi connectivity index (χ1v) is 9.02. The highest BCUT2D eigenvalue weighted by Gasteiger charge is 2.32. The van der Waals surface area contributed by atoms with E-state index >= 15 is 0 Å². The van der Waals surface area contributed by atoms with Crippen molar-refractivity contribution in [2.45, 2.75) is 25.8 Å². The first kappa shape index (κ1) is 16.9. The molecule has 0 amide bonds. The average Bonchev–Trinajstić information content (AvgIpc) is 3.13. The number of thiophene rings is 1. The zero-order valence-corrected chi connectivity index (χ0v) is 15.0. The number of aryl methyl sites for hydroxylation is 2. The fraction of sp³-hybridized carbons (Fsp3) is 0.562. The van der Waals surface area contributed by atoms with Gasteiger partial charge >= 0.3 is 5.69 Å². The van der Waals surface area contributed by atoms with E-state index in [1.54, 1.807) is 30.0 Å². The summed E-state index contributed by atoms with van der Waals surface area (Å²) < 4.78 is 1.57. The number of hydrogen-bond donors (Lipinski definition) is 1. The van der Waals surface area contributed by atoms with E-state index in [1.165, 1.54) is 4.88 Å². The van der Waals surface area contributed by atoms with Crippen LogP contribution in [0.2, 0.25) is 0 Å². The summed E-state index contributed by atoms with van der Waals surface area (Å²) in [5.41, 5.74) is 0.523. The minimum atomic E-state index is -0.353. The SMILES string of the molecule is Cc1nn(C)c(NC[C@H]2CCCN(C)[C@@H]2c2cccs2)c1[N+](=O)[O-]. The minimum absolute atomic E-state index is 0.0781. The maximum Gasteiger partial charge on any atom is 0.333 e. The van der Waals surface area contributed by atoms with Crippen molar-refractivity contribution in [3.63, 3.8) is 0 Å². The van der Waals surface area contributed by atoms with Crippen LogP contribution in [-0.4, -0.2) is 39.7 Å². The number of likely N-dealkylation sites (tertiary alicyclic amines) is 1. The van der Waals surface area contributed by atoms with Crippen LogP contribution in [0.3, 0.4) is 0 Å². The second-order valence-corrected chi connectivity index (χ2v) is 7.37. The summed E-state index contributed by atoms with van der Waals surface area (Å²) in [7, 11) is 3.90. The van der Waals surface area contributed by atoms with Crippen molar-refractivity contribution in [2.24, 2.45) is 13.0 Å². The summed E-state index contributed by atoms with van der Waals surface area (Å²) in [6, 6.07) is 4.63. The Labute approximate surface area is 145 Å². The number of anilines is 1. The number of nitrogens with one attached hydrogen (secondary N) is 1. The van der Waals surface area contributed by atoms with Crippen LogP contribution in [0.15, 0.2) is 17.5 Å². The molecule has 1 aliphatic rings. The van der Waals surface area contributed by atoms with Crippen molar-refractivity contribution in [3.05, 3.63) is 38.2 Å². The molecule has 2 atom stereocenters. The monoisotopic (exact) mass is 349 g/mol. The molecule has 2 aromatic heterocycles. The third-order valence-electron chi connectivity index (χ3n) is 4.75. The molecule has 24 heavy (non-hydrogen) atoms. The molecule has 0 unspecified atom stereocenters. The van der Waals surface area contributed by atoms with Crippen LogP contribution >= 0.6 is 11.3 Å². The van der Waals surface area contributed by atoms with Crippen molar-refractivity contribution in [1.29, 1.82) is 0 Å². The van der Waals surface area contributed by atoms with Gasteiger partial charge in [0.25, 0.3) is 0 Å². The van der Waals surface area contributed by atoms with Crippen molar-refractivity contribution in [3.8, 4) is 0 Å². The Morgan fingerprint density at radius 2 is 2.29 bits per heavy atom. The van der Waals surface area contributed by atoms with E-state index in [1.807, 2.05) is 0 Å². The summed E-state index contributed by atoms with van der Waals surface area (Å²) in [4.78, 5) is 14.7. The molecule has 0 aliphatic carbocycles. The van der Waals surface area contributed by atoms with Gasteiger partial charge in [0, 0.05) is 24.5 Å². The molecule has 0 aromatic carbocycles. The molecule has 3 heterocycles. The van der Waals surface area contributed by atoms with E-state index in [4.69, 9.17) is 0 Å². The van der Waals surface area contributed by atoms with Crippen molar-refractivity contribution < 1.29 is 4.92 Å². The molecular weight excluding hydrogens is 326 g/mol. The normalized spacial score (nSPS) is 21.8. The Kier molecular flexibility index (Phi) is 4.86. The third-order valence-corrected chi connectivity index (χ3v) is 5.69. The van der Waals surface area contributed by atoms with Gasteiger partial charge in [0.1, 0.15) is 5.69 Å². The van der Waals surface area contributed by atoms with Gasteiger partial charge in [-0.15, -0.1) is 11.3 Å². The lowest BCUT2D eigenvalue weighted by molar-refractivity contribution is -0.384. The van der Waals surface area contributed by atoms with E-state index < -0.39 is 0 Å². The molecule has 3 rings (SSSR count). The van der Waals surface area contributed by atoms with Crippen LogP contribution < -0.4 is 5.32 Å². The summed E-state index contributed by atoms with van der Waals surface area (Å²) in [5.74, 6) is 0.910. The fourth-order valence-electron chi connectivity index (χ4n) is 3.67. The lowest BCUT2D eigenvalue weighted by Gasteiger charge is -2.39. The zero-order valence-electron chi connectivity index (χ0n) is 14.2. The molecule has 8 heteroatoms. The Balaban J connectivity index is 1.79. The van der Waals surface area contributed by atoms with E-state index in [0.29, 0.717) is 30.0 Å². The maximum atomic E-state index is 11.3. The lowest BCUT2D eigenvalue weighted by Crippen LogP contribution is -2.38. The second-order valence-electron chi connectivity index (χ2n) is 6.39. The Hall–Kier alpha value is -1.93. The fourth-order valence-corrected chi connectivity index (χ4v) is 4.66. The zero-order chi connectivity index (χ0) is 17.3. The number of rotatable bonds is 5. The predicted molar refractivity (Wildman–Crippen MR) is 95.5 cm³/mol. The highest BCUT2D eigenvalue weighted by Crippen LogP contribution is 2.38. The summed E-state index contributed by atoms with van der Waals surface area (Å²) in [6.45, 7) is 3.46. The topological polar surface area (TPSA) is 76.2 Å². The van der Waals surface area contributed by atoms with Crippen LogP contribution in [0.1, 0.15) is 29.5 Å². The number of piperidine rings is 1. The quantitative estimate of drug-likeness (QED) is 0.663. The van der Waals surface area contributed by atoms with Crippen molar-refractivity contribution >= 4 is 22.8 Å². The molecule has 1 saturated heterocycles. The minimum Gasteiger partial charge on any atom is -0.364 e. The number of nitro groups is 1. The maximum absolute atomic E-state index is 11.3. The molecule has 0 bridgehead atoms. The van der Waals surface area contributed by atoms with Gasteiger partial charge in [0.15, 0.2) is 0 Å². The third kappa shape index (κ3) is 3.16. The standard InChI is InChI=1S/C16H23N5O2S/c1-11-14(21(22)23)16(20(3)18-11)17-10-12-6-4-8-19(2)15(12)13-7-5-9-24-13/h5,7,9,12,15,17H,4,6,8,10H2,1-3H3/t12-,15+/m1/s1.